The first kappa shape index (κ1) is 42.7. The summed E-state index contributed by atoms with van der Waals surface area (Å²) in [6.07, 6.45) is 0.933. The lowest BCUT2D eigenvalue weighted by Gasteiger charge is -2.18. The first-order valence-electron chi connectivity index (χ1n) is 17.9. The second-order valence-electron chi connectivity index (χ2n) is 12.9. The number of aromatic amines is 1. The average Bonchev–Trinajstić information content (AvgIpc) is 3.21. The number of rotatable bonds is 16. The Bertz CT molecular complexity index is 2520. The molecule has 1 heterocycles. The first-order valence-corrected chi connectivity index (χ1v) is 17.9. The molecule has 19 heteroatoms. The monoisotopic (exact) mass is 819 g/mol. The van der Waals surface area contributed by atoms with Crippen molar-refractivity contribution in [2.24, 2.45) is 5.73 Å². The Hall–Kier alpha value is -8.48. The van der Waals surface area contributed by atoms with Crippen molar-refractivity contribution in [3.05, 3.63) is 135 Å². The molecule has 0 saturated carbocycles. The zero-order valence-corrected chi connectivity index (χ0v) is 31.5. The van der Waals surface area contributed by atoms with Crippen LogP contribution in [-0.4, -0.2) is 74.4 Å². The lowest BCUT2D eigenvalue weighted by Crippen LogP contribution is -2.46. The highest BCUT2D eigenvalue weighted by atomic mass is 16.5. The molecule has 308 valence electrons. The Kier molecular flexibility index (Phi) is 13.6. The number of phenols is 1. The van der Waals surface area contributed by atoms with E-state index < -0.39 is 70.8 Å². The van der Waals surface area contributed by atoms with Crippen LogP contribution in [0.15, 0.2) is 102 Å². The summed E-state index contributed by atoms with van der Waals surface area (Å²) in [5, 5.41) is 42.2. The smallest absolute Gasteiger partial charge is 0.335 e. The molecule has 0 unspecified atom stereocenters. The molecule has 0 aliphatic rings. The number of carboxylic acids is 1. The predicted molar refractivity (Wildman–Crippen MR) is 216 cm³/mol. The number of H-pyrrole nitrogens is 1. The standard InChI is InChI=1S/C41H37N7O12/c1-2-17-60-35-28(16-15-27(34(35)52)38(55)44-24-13-7-23(8-14-24)41(58)59)47-36(53)21-3-11-26(12-4-21)46-40(57)30(19-33(42)51)48-37(54)22-5-9-25(10-6-22)45-39(56)29-18-31(49)32(50)20-43-29/h3-16,18,20,30,50,52H,2,17,19H2,1H3,(H2,42,51)(H,43,49)(H,44,55)(H,45,56)(H,46,57)(H,47,53)(H,48,54)(H,58,59)/t30-/m0/s1. The molecule has 0 spiro atoms. The second-order valence-corrected chi connectivity index (χ2v) is 12.9. The van der Waals surface area contributed by atoms with Gasteiger partial charge in [0.15, 0.2) is 17.2 Å². The normalized spacial score (nSPS) is 11.0. The van der Waals surface area contributed by atoms with Crippen LogP contribution in [0.2, 0.25) is 0 Å². The van der Waals surface area contributed by atoms with E-state index in [1.54, 1.807) is 0 Å². The number of carboxylic acid groups (broad SMARTS) is 1. The summed E-state index contributed by atoms with van der Waals surface area (Å²) < 4.78 is 5.69. The number of phenolic OH excluding ortho intramolecular Hbond substituents is 1. The molecule has 11 N–H and O–H groups in total. The summed E-state index contributed by atoms with van der Waals surface area (Å²) in [5.74, 6) is -6.93. The highest BCUT2D eigenvalue weighted by molar-refractivity contribution is 6.10. The van der Waals surface area contributed by atoms with E-state index in [1.807, 2.05) is 6.92 Å². The number of nitrogens with one attached hydrogen (secondary N) is 6. The van der Waals surface area contributed by atoms with Gasteiger partial charge in [-0.2, -0.15) is 0 Å². The van der Waals surface area contributed by atoms with Crippen molar-refractivity contribution in [2.75, 3.05) is 27.9 Å². The van der Waals surface area contributed by atoms with Gasteiger partial charge >= 0.3 is 5.97 Å². The Morgan fingerprint density at radius 3 is 1.80 bits per heavy atom. The van der Waals surface area contributed by atoms with Gasteiger partial charge in [0.05, 0.1) is 29.8 Å². The van der Waals surface area contributed by atoms with Crippen molar-refractivity contribution in [3.8, 4) is 17.2 Å². The number of aromatic carboxylic acids is 1. The first-order chi connectivity index (χ1) is 28.6. The van der Waals surface area contributed by atoms with Crippen LogP contribution in [0.25, 0.3) is 0 Å². The minimum atomic E-state index is -1.42. The molecule has 19 nitrogen and oxygen atoms in total. The van der Waals surface area contributed by atoms with Gasteiger partial charge in [0.25, 0.3) is 23.6 Å². The summed E-state index contributed by atoms with van der Waals surface area (Å²) in [6.45, 7) is 1.94. The third kappa shape index (κ3) is 10.9. The Labute approximate surface area is 339 Å². The zero-order valence-electron chi connectivity index (χ0n) is 31.5. The molecule has 5 rings (SSSR count). The quantitative estimate of drug-likeness (QED) is 0.0683. The highest BCUT2D eigenvalue weighted by Crippen LogP contribution is 2.38. The Morgan fingerprint density at radius 2 is 1.25 bits per heavy atom. The lowest BCUT2D eigenvalue weighted by molar-refractivity contribution is -0.123. The minimum Gasteiger partial charge on any atom is -0.504 e. The molecule has 4 aromatic carbocycles. The van der Waals surface area contributed by atoms with Crippen LogP contribution in [0.1, 0.15) is 71.7 Å². The number of aromatic nitrogens is 1. The number of hydrogen-bond donors (Lipinski definition) is 10. The summed E-state index contributed by atoms with van der Waals surface area (Å²) in [7, 11) is 0. The van der Waals surface area contributed by atoms with Crippen molar-refractivity contribution >= 4 is 64.2 Å². The molecule has 5 aromatic rings. The molecule has 6 amide bonds. The van der Waals surface area contributed by atoms with E-state index in [9.17, 15) is 48.6 Å². The summed E-state index contributed by atoms with van der Waals surface area (Å²) in [6, 6.07) is 18.5. The van der Waals surface area contributed by atoms with Gasteiger partial charge in [-0.3, -0.25) is 33.6 Å². The van der Waals surface area contributed by atoms with Crippen molar-refractivity contribution in [2.45, 2.75) is 25.8 Å². The summed E-state index contributed by atoms with van der Waals surface area (Å²) in [5.41, 5.74) is 5.23. The van der Waals surface area contributed by atoms with Gasteiger partial charge in [0.2, 0.25) is 17.2 Å². The molecule has 1 aromatic heterocycles. The molecule has 60 heavy (non-hydrogen) atoms. The van der Waals surface area contributed by atoms with Crippen LogP contribution >= 0.6 is 0 Å². The Balaban J connectivity index is 1.21. The summed E-state index contributed by atoms with van der Waals surface area (Å²) in [4.78, 5) is 102. The van der Waals surface area contributed by atoms with Gasteiger partial charge in [0.1, 0.15) is 11.7 Å². The number of pyridine rings is 1. The highest BCUT2D eigenvalue weighted by Gasteiger charge is 2.25. The van der Waals surface area contributed by atoms with E-state index in [-0.39, 0.29) is 63.1 Å². The summed E-state index contributed by atoms with van der Waals surface area (Å²) >= 11 is 0. The molecule has 1 atom stereocenters. The molecular weight excluding hydrogens is 782 g/mol. The predicted octanol–water partition coefficient (Wildman–Crippen LogP) is 3.64. The van der Waals surface area contributed by atoms with Crippen LogP contribution < -0.4 is 42.5 Å². The topological polar surface area (TPSA) is 308 Å². The van der Waals surface area contributed by atoms with Crippen LogP contribution in [0.3, 0.4) is 0 Å². The second kappa shape index (κ2) is 19.1. The molecule has 0 saturated heterocycles. The van der Waals surface area contributed by atoms with Gasteiger partial charge in [-0.25, -0.2) is 4.79 Å². The van der Waals surface area contributed by atoms with E-state index in [0.717, 1.165) is 12.3 Å². The zero-order chi connectivity index (χ0) is 43.5. The van der Waals surface area contributed by atoms with Crippen molar-refractivity contribution in [1.29, 1.82) is 0 Å². The number of hydrogen-bond acceptors (Lipinski definition) is 11. The van der Waals surface area contributed by atoms with Gasteiger partial charge in [-0.05, 0) is 91.3 Å². The average molecular weight is 820 g/mol. The SMILES string of the molecule is CCCOc1c(NC(=O)c2ccc(NC(=O)[C@H](CC(N)=O)NC(=O)c3ccc(NC(=O)c4cc(=O)c(O)c[nH]4)cc3)cc2)ccc(C(=O)Nc2ccc(C(=O)O)cc2)c1O. The maximum atomic E-state index is 13.3. The van der Waals surface area contributed by atoms with E-state index >= 15 is 0 Å². The number of primary amides is 1. The number of carbonyl (C=O) groups is 7. The number of ether oxygens (including phenoxy) is 1. The van der Waals surface area contributed by atoms with Gasteiger partial charge in [0, 0.05) is 40.5 Å². The molecular formula is C41H37N7O12. The van der Waals surface area contributed by atoms with Gasteiger partial charge < -0.3 is 57.4 Å². The lowest BCUT2D eigenvalue weighted by atomic mass is 10.1. The molecule has 0 bridgehead atoms. The van der Waals surface area contributed by atoms with Crippen LogP contribution in [-0.2, 0) is 9.59 Å². The molecule has 0 fully saturated rings. The van der Waals surface area contributed by atoms with Crippen molar-refractivity contribution < 1.29 is 53.6 Å². The fourth-order valence-corrected chi connectivity index (χ4v) is 5.38. The third-order valence-corrected chi connectivity index (χ3v) is 8.45. The maximum absolute atomic E-state index is 13.3. The number of aromatic hydroxyl groups is 2. The van der Waals surface area contributed by atoms with E-state index in [1.165, 1.54) is 84.9 Å². The van der Waals surface area contributed by atoms with Crippen molar-refractivity contribution in [3.63, 3.8) is 0 Å². The maximum Gasteiger partial charge on any atom is 0.335 e. The number of carbonyl (C=O) groups excluding carboxylic acids is 6. The number of benzene rings is 4. The molecule has 0 aliphatic carbocycles. The van der Waals surface area contributed by atoms with E-state index in [2.05, 4.69) is 31.6 Å². The number of amides is 6. The Morgan fingerprint density at radius 1 is 0.700 bits per heavy atom. The fourth-order valence-electron chi connectivity index (χ4n) is 5.38. The van der Waals surface area contributed by atoms with Crippen LogP contribution in [0.4, 0.5) is 22.7 Å². The molecule has 0 aliphatic heterocycles. The van der Waals surface area contributed by atoms with E-state index in [4.69, 9.17) is 15.6 Å². The minimum absolute atomic E-state index is 0.0170. The fraction of sp³-hybridized carbons (Fsp3) is 0.122. The van der Waals surface area contributed by atoms with Crippen LogP contribution in [0, 0.1) is 0 Å². The van der Waals surface area contributed by atoms with Crippen LogP contribution in [0.5, 0.6) is 17.2 Å². The van der Waals surface area contributed by atoms with Crippen molar-refractivity contribution in [1.82, 2.24) is 10.3 Å². The molecule has 0 radical (unpaired) electrons. The van der Waals surface area contributed by atoms with Gasteiger partial charge in [-0.15, -0.1) is 0 Å². The number of anilines is 4. The number of nitrogens with two attached hydrogens (primary N) is 1. The van der Waals surface area contributed by atoms with Gasteiger partial charge in [-0.1, -0.05) is 6.92 Å². The third-order valence-electron chi connectivity index (χ3n) is 8.45. The largest absolute Gasteiger partial charge is 0.504 e. The van der Waals surface area contributed by atoms with E-state index in [0.29, 0.717) is 6.42 Å².